The lowest BCUT2D eigenvalue weighted by Crippen LogP contribution is -2.51. The summed E-state index contributed by atoms with van der Waals surface area (Å²) in [6.07, 6.45) is 5.33. The van der Waals surface area contributed by atoms with Gasteiger partial charge < -0.3 is 10.2 Å². The number of fused-ring (bicyclic) bond motifs is 1. The van der Waals surface area contributed by atoms with Crippen LogP contribution < -0.4 is 5.32 Å². The summed E-state index contributed by atoms with van der Waals surface area (Å²) >= 11 is 3.44. The van der Waals surface area contributed by atoms with Gasteiger partial charge in [0.1, 0.15) is 6.04 Å². The zero-order valence-corrected chi connectivity index (χ0v) is 22.5. The molecule has 1 saturated heterocycles. The summed E-state index contributed by atoms with van der Waals surface area (Å²) in [4.78, 5) is 55.6. The minimum absolute atomic E-state index is 0.0216. The van der Waals surface area contributed by atoms with Crippen molar-refractivity contribution in [3.8, 4) is 0 Å². The molecule has 4 amide bonds. The second kappa shape index (κ2) is 12.3. The highest BCUT2D eigenvalue weighted by Gasteiger charge is 2.47. The molecule has 1 N–H and O–H groups in total. The van der Waals surface area contributed by atoms with E-state index in [2.05, 4.69) is 21.2 Å². The van der Waals surface area contributed by atoms with Crippen molar-refractivity contribution in [2.75, 3.05) is 13.1 Å². The summed E-state index contributed by atoms with van der Waals surface area (Å²) in [7, 11) is 0. The van der Waals surface area contributed by atoms with Gasteiger partial charge in [-0.05, 0) is 43.0 Å². The van der Waals surface area contributed by atoms with Crippen LogP contribution in [0.3, 0.4) is 0 Å². The monoisotopic (exact) mass is 565 g/mol. The number of carbonyl (C=O) groups is 4. The molecule has 0 bridgehead atoms. The third-order valence-corrected chi connectivity index (χ3v) is 7.57. The summed E-state index contributed by atoms with van der Waals surface area (Å²) < 4.78 is 0.917. The minimum Gasteiger partial charge on any atom is -0.355 e. The first-order chi connectivity index (χ1) is 17.9. The lowest BCUT2D eigenvalue weighted by molar-refractivity contribution is -0.144. The van der Waals surface area contributed by atoms with E-state index in [-0.39, 0.29) is 55.0 Å². The second-order valence-electron chi connectivity index (χ2n) is 9.48. The molecule has 2 aliphatic rings. The fourth-order valence-corrected chi connectivity index (χ4v) is 5.34. The second-order valence-corrected chi connectivity index (χ2v) is 10.4. The number of likely N-dealkylation sites (N-methyl/N-ethyl adjacent to an activating group) is 1. The number of halogens is 1. The Hall–Kier alpha value is -3.26. The smallest absolute Gasteiger partial charge is 0.243 e. The highest BCUT2D eigenvalue weighted by Crippen LogP contribution is 2.35. The molecule has 1 aliphatic heterocycles. The van der Waals surface area contributed by atoms with E-state index in [1.807, 2.05) is 73.7 Å². The van der Waals surface area contributed by atoms with Crippen molar-refractivity contribution in [1.82, 2.24) is 15.1 Å². The van der Waals surface area contributed by atoms with E-state index in [1.54, 1.807) is 4.90 Å². The number of nitrogens with one attached hydrogen (secondary N) is 1. The Morgan fingerprint density at radius 3 is 2.19 bits per heavy atom. The fourth-order valence-electron chi connectivity index (χ4n) is 5.07. The van der Waals surface area contributed by atoms with Gasteiger partial charge in [0.2, 0.25) is 23.6 Å². The topological polar surface area (TPSA) is 86.8 Å². The Morgan fingerprint density at radius 2 is 1.59 bits per heavy atom. The largest absolute Gasteiger partial charge is 0.355 e. The van der Waals surface area contributed by atoms with Crippen LogP contribution in [0.1, 0.15) is 37.3 Å². The lowest BCUT2D eigenvalue weighted by atomic mass is 9.85. The summed E-state index contributed by atoms with van der Waals surface area (Å²) in [5.74, 6) is -1.56. The van der Waals surface area contributed by atoms with E-state index in [0.717, 1.165) is 15.6 Å². The Bertz CT molecular complexity index is 1140. The number of hydrogen-bond donors (Lipinski definition) is 1. The predicted octanol–water partition coefficient (Wildman–Crippen LogP) is 3.87. The number of rotatable bonds is 10. The summed E-state index contributed by atoms with van der Waals surface area (Å²) in [6.45, 7) is 2.54. The van der Waals surface area contributed by atoms with Gasteiger partial charge in [0.15, 0.2) is 0 Å². The highest BCUT2D eigenvalue weighted by molar-refractivity contribution is 9.10. The number of amides is 4. The van der Waals surface area contributed by atoms with Crippen molar-refractivity contribution in [3.63, 3.8) is 0 Å². The van der Waals surface area contributed by atoms with Crippen molar-refractivity contribution >= 4 is 39.6 Å². The first-order valence-corrected chi connectivity index (χ1v) is 13.5. The molecule has 1 fully saturated rings. The minimum atomic E-state index is -0.741. The number of imide groups is 1. The van der Waals surface area contributed by atoms with Gasteiger partial charge >= 0.3 is 0 Å². The highest BCUT2D eigenvalue weighted by atomic mass is 79.9. The molecule has 7 nitrogen and oxygen atoms in total. The van der Waals surface area contributed by atoms with Crippen LogP contribution in [0, 0.1) is 11.8 Å². The molecule has 37 heavy (non-hydrogen) atoms. The first kappa shape index (κ1) is 26.8. The van der Waals surface area contributed by atoms with Crippen LogP contribution >= 0.6 is 15.9 Å². The van der Waals surface area contributed by atoms with E-state index in [9.17, 15) is 19.2 Å². The van der Waals surface area contributed by atoms with E-state index in [4.69, 9.17) is 0 Å². The van der Waals surface area contributed by atoms with Gasteiger partial charge in [0.25, 0.3) is 0 Å². The maximum Gasteiger partial charge on any atom is 0.243 e. The van der Waals surface area contributed by atoms with Gasteiger partial charge in [0, 0.05) is 36.9 Å². The number of allylic oxidation sites excluding steroid dienone is 2. The van der Waals surface area contributed by atoms with Crippen LogP contribution in [0.2, 0.25) is 0 Å². The van der Waals surface area contributed by atoms with Crippen LogP contribution in [-0.2, 0) is 32.1 Å². The summed E-state index contributed by atoms with van der Waals surface area (Å²) in [6, 6.07) is 16.5. The molecular formula is C29H32BrN3O4. The van der Waals surface area contributed by atoms with Crippen molar-refractivity contribution in [1.29, 1.82) is 0 Å². The molecule has 0 aromatic heterocycles. The molecule has 4 rings (SSSR count). The molecule has 0 unspecified atom stereocenters. The van der Waals surface area contributed by atoms with Gasteiger partial charge in [-0.25, -0.2) is 0 Å². The first-order valence-electron chi connectivity index (χ1n) is 12.7. The molecule has 0 radical (unpaired) electrons. The Kier molecular flexibility index (Phi) is 8.92. The van der Waals surface area contributed by atoms with Crippen LogP contribution in [0.25, 0.3) is 0 Å². The van der Waals surface area contributed by atoms with Gasteiger partial charge in [-0.2, -0.15) is 0 Å². The van der Waals surface area contributed by atoms with E-state index >= 15 is 0 Å². The van der Waals surface area contributed by atoms with E-state index in [1.165, 1.54) is 4.90 Å². The van der Waals surface area contributed by atoms with Crippen molar-refractivity contribution in [3.05, 3.63) is 82.3 Å². The molecule has 3 atom stereocenters. The zero-order chi connectivity index (χ0) is 26.4. The normalized spacial score (nSPS) is 19.5. The predicted molar refractivity (Wildman–Crippen MR) is 144 cm³/mol. The van der Waals surface area contributed by atoms with Crippen LogP contribution in [0.5, 0.6) is 0 Å². The Balaban J connectivity index is 1.56. The van der Waals surface area contributed by atoms with E-state index in [0.29, 0.717) is 25.8 Å². The number of carbonyl (C=O) groups excluding carboxylic acids is 4. The Morgan fingerprint density at radius 1 is 0.973 bits per heavy atom. The maximum absolute atomic E-state index is 13.7. The zero-order valence-electron chi connectivity index (χ0n) is 20.9. The third kappa shape index (κ3) is 6.36. The van der Waals surface area contributed by atoms with Gasteiger partial charge in [-0.3, -0.25) is 24.1 Å². The Labute approximate surface area is 226 Å². The molecule has 1 heterocycles. The van der Waals surface area contributed by atoms with Gasteiger partial charge in [-0.15, -0.1) is 0 Å². The summed E-state index contributed by atoms with van der Waals surface area (Å²) in [5, 5.41) is 2.88. The van der Waals surface area contributed by atoms with E-state index < -0.39 is 6.04 Å². The molecule has 0 saturated carbocycles. The molecule has 0 spiro atoms. The average Bonchev–Trinajstić information content (AvgIpc) is 3.15. The number of likely N-dealkylation sites (tertiary alicyclic amines) is 1. The molecule has 8 heteroatoms. The van der Waals surface area contributed by atoms with Gasteiger partial charge in [0.05, 0.1) is 11.8 Å². The third-order valence-electron chi connectivity index (χ3n) is 7.04. The SMILES string of the molecule is CCNC(=O)[C@H](Cc1ccccc1)N(Cc1ccc(Br)cc1)C(=O)CCN1C(=O)[C@H]2CC=CC[C@H]2C1=O. The number of nitrogens with zero attached hydrogens (tertiary/aromatic N) is 2. The van der Waals surface area contributed by atoms with Crippen molar-refractivity contribution in [2.24, 2.45) is 11.8 Å². The number of hydrogen-bond acceptors (Lipinski definition) is 4. The molecule has 2 aromatic rings. The van der Waals surface area contributed by atoms with Crippen LogP contribution in [-0.4, -0.2) is 52.6 Å². The standard InChI is InChI=1S/C29H32BrN3O4/c1-2-31-27(35)25(18-20-8-4-3-5-9-20)33(19-21-12-14-22(30)15-13-21)26(34)16-17-32-28(36)23-10-6-7-11-24(23)29(32)37/h3-9,12-15,23-25H,2,10-11,16-19H2,1H3,(H,31,35)/t23-,24+,25-/m0/s1. The van der Waals surface area contributed by atoms with Crippen LogP contribution in [0.15, 0.2) is 71.2 Å². The van der Waals surface area contributed by atoms with Gasteiger partial charge in [-0.1, -0.05) is 70.5 Å². The van der Waals surface area contributed by atoms with Crippen molar-refractivity contribution < 1.29 is 19.2 Å². The fraction of sp³-hybridized carbons (Fsp3) is 0.379. The molecule has 2 aromatic carbocycles. The number of benzene rings is 2. The molecule has 194 valence electrons. The van der Waals surface area contributed by atoms with Crippen molar-refractivity contribution in [2.45, 2.75) is 45.2 Å². The molecule has 1 aliphatic carbocycles. The molecular weight excluding hydrogens is 534 g/mol. The maximum atomic E-state index is 13.7. The lowest BCUT2D eigenvalue weighted by Gasteiger charge is -2.32. The average molecular weight is 566 g/mol. The van der Waals surface area contributed by atoms with Crippen LogP contribution in [0.4, 0.5) is 0 Å². The summed E-state index contributed by atoms with van der Waals surface area (Å²) in [5.41, 5.74) is 1.82. The quantitative estimate of drug-likeness (QED) is 0.350.